The Morgan fingerprint density at radius 1 is 0.889 bits per heavy atom. The molecule has 0 fully saturated rings. The molecule has 0 aliphatic carbocycles. The molecule has 0 aliphatic heterocycles. The van der Waals surface area contributed by atoms with Gasteiger partial charge < -0.3 is 0 Å². The third-order valence-corrected chi connectivity index (χ3v) is 6.05. The van der Waals surface area contributed by atoms with Gasteiger partial charge in [0.15, 0.2) is 0 Å². The van der Waals surface area contributed by atoms with Crippen molar-refractivity contribution >= 4 is 43.8 Å². The Morgan fingerprint density at radius 3 is 2.22 bits per heavy atom. The molecule has 1 aromatic heterocycles. The van der Waals surface area contributed by atoms with Crippen LogP contribution in [-0.4, -0.2) is 26.3 Å². The van der Waals surface area contributed by atoms with Crippen molar-refractivity contribution in [3.8, 4) is 0 Å². The predicted molar refractivity (Wildman–Crippen MR) is 93.3 cm³/mol. The Kier molecular flexibility index (Phi) is 4.79. The van der Waals surface area contributed by atoms with E-state index >= 15 is 0 Å². The Hall–Kier alpha value is -2.72. The van der Waals surface area contributed by atoms with Crippen LogP contribution >= 0.6 is 11.3 Å². The summed E-state index contributed by atoms with van der Waals surface area (Å²) in [5, 5.41) is 1.03. The van der Waals surface area contributed by atoms with E-state index in [1.807, 2.05) is 4.72 Å². The van der Waals surface area contributed by atoms with Crippen LogP contribution in [0.1, 0.15) is 19.3 Å². The van der Waals surface area contributed by atoms with E-state index in [4.69, 9.17) is 0 Å². The molecule has 0 aliphatic rings. The molecule has 1 amide bonds. The van der Waals surface area contributed by atoms with Crippen LogP contribution < -0.4 is 4.72 Å². The van der Waals surface area contributed by atoms with Gasteiger partial charge in [-0.25, -0.2) is 13.1 Å². The molecule has 5 nitrogen and oxygen atoms in total. The van der Waals surface area contributed by atoms with Crippen molar-refractivity contribution < 1.29 is 31.2 Å². The van der Waals surface area contributed by atoms with Crippen LogP contribution in [0.25, 0.3) is 10.8 Å². The summed E-state index contributed by atoms with van der Waals surface area (Å²) in [7, 11) is -4.27. The Balaban J connectivity index is 1.89. The Bertz CT molecular complexity index is 1140. The molecular formula is C17H10F3NO4S2. The summed E-state index contributed by atoms with van der Waals surface area (Å²) in [6.07, 6.45) is -5.08. The van der Waals surface area contributed by atoms with Crippen molar-refractivity contribution in [3.63, 3.8) is 0 Å². The summed E-state index contributed by atoms with van der Waals surface area (Å²) in [5.74, 6) is -3.21. The first-order chi connectivity index (χ1) is 12.6. The van der Waals surface area contributed by atoms with Crippen LogP contribution in [0.15, 0.2) is 59.5 Å². The molecular weight excluding hydrogens is 403 g/mol. The molecule has 3 rings (SSSR count). The lowest BCUT2D eigenvalue weighted by molar-refractivity contribution is -0.0882. The standard InChI is InChI=1S/C17H10F3NO4S2/c18-17(19,20)15(22)12-8-9-13(26-12)16(23)21-27(24,25)14-7-3-5-10-4-1-2-6-11(10)14/h1-9H,(H,21,23). The topological polar surface area (TPSA) is 80.3 Å². The van der Waals surface area contributed by atoms with Crippen molar-refractivity contribution in [1.29, 1.82) is 0 Å². The van der Waals surface area contributed by atoms with Gasteiger partial charge in [0, 0.05) is 5.39 Å². The van der Waals surface area contributed by atoms with Crippen molar-refractivity contribution in [1.82, 2.24) is 4.72 Å². The van der Waals surface area contributed by atoms with Gasteiger partial charge >= 0.3 is 6.18 Å². The van der Waals surface area contributed by atoms with Gasteiger partial charge in [0.2, 0.25) is 0 Å². The van der Waals surface area contributed by atoms with Crippen LogP contribution in [0.2, 0.25) is 0 Å². The van der Waals surface area contributed by atoms with Gasteiger partial charge in [-0.1, -0.05) is 36.4 Å². The highest BCUT2D eigenvalue weighted by Gasteiger charge is 2.40. The van der Waals surface area contributed by atoms with Crippen molar-refractivity contribution in [2.24, 2.45) is 0 Å². The zero-order chi connectivity index (χ0) is 19.8. The normalized spacial score (nSPS) is 12.1. The first kappa shape index (κ1) is 19.1. The second-order valence-electron chi connectivity index (χ2n) is 5.40. The highest BCUT2D eigenvalue weighted by molar-refractivity contribution is 7.90. The molecule has 10 heteroatoms. The minimum Gasteiger partial charge on any atom is -0.283 e. The zero-order valence-electron chi connectivity index (χ0n) is 13.3. The van der Waals surface area contributed by atoms with E-state index in [0.29, 0.717) is 10.8 Å². The maximum Gasteiger partial charge on any atom is 0.455 e. The molecule has 3 aromatic rings. The molecule has 1 heterocycles. The molecule has 27 heavy (non-hydrogen) atoms. The number of benzene rings is 2. The van der Waals surface area contributed by atoms with Crippen LogP contribution in [0.4, 0.5) is 13.2 Å². The van der Waals surface area contributed by atoms with E-state index in [2.05, 4.69) is 0 Å². The highest BCUT2D eigenvalue weighted by atomic mass is 32.2. The van der Waals surface area contributed by atoms with E-state index in [-0.39, 0.29) is 21.1 Å². The van der Waals surface area contributed by atoms with Gasteiger partial charge in [-0.05, 0) is 23.6 Å². The largest absolute Gasteiger partial charge is 0.455 e. The van der Waals surface area contributed by atoms with Crippen molar-refractivity contribution in [2.45, 2.75) is 11.1 Å². The average Bonchev–Trinajstić information content (AvgIpc) is 3.09. The fourth-order valence-electron chi connectivity index (χ4n) is 2.38. The number of carbonyl (C=O) groups is 2. The first-order valence-electron chi connectivity index (χ1n) is 7.36. The number of nitrogens with one attached hydrogen (secondary N) is 1. The summed E-state index contributed by atoms with van der Waals surface area (Å²) >= 11 is 0.269. The summed E-state index contributed by atoms with van der Waals surface area (Å²) in [5.41, 5.74) is 0. The number of amides is 1. The van der Waals surface area contributed by atoms with E-state index in [9.17, 15) is 31.2 Å². The summed E-state index contributed by atoms with van der Waals surface area (Å²) in [4.78, 5) is 22.2. The number of fused-ring (bicyclic) bond motifs is 1. The monoisotopic (exact) mass is 413 g/mol. The molecule has 0 bridgehead atoms. The lowest BCUT2D eigenvalue weighted by Gasteiger charge is -2.09. The van der Waals surface area contributed by atoms with E-state index < -0.39 is 32.8 Å². The molecule has 0 spiro atoms. The van der Waals surface area contributed by atoms with Crippen LogP contribution in [0, 0.1) is 0 Å². The SMILES string of the molecule is O=C(NS(=O)(=O)c1cccc2ccccc12)c1ccc(C(=O)C(F)(F)F)s1. The summed E-state index contributed by atoms with van der Waals surface area (Å²) in [6.45, 7) is 0. The number of rotatable bonds is 4. The quantitative estimate of drug-likeness (QED) is 0.661. The number of halogens is 3. The third kappa shape index (κ3) is 3.86. The number of carbonyl (C=O) groups excluding carboxylic acids is 2. The molecule has 0 saturated heterocycles. The summed E-state index contributed by atoms with van der Waals surface area (Å²) in [6, 6.07) is 12.9. The van der Waals surface area contributed by atoms with Crippen LogP contribution in [-0.2, 0) is 10.0 Å². The fraction of sp³-hybridized carbons (Fsp3) is 0.0588. The minimum atomic E-state index is -5.08. The number of sulfonamides is 1. The van der Waals surface area contributed by atoms with E-state index in [0.717, 1.165) is 12.1 Å². The first-order valence-corrected chi connectivity index (χ1v) is 9.66. The molecule has 0 atom stereocenters. The predicted octanol–water partition coefficient (Wildman–Crippen LogP) is 3.77. The average molecular weight is 413 g/mol. The van der Waals surface area contributed by atoms with Gasteiger partial charge in [0.1, 0.15) is 0 Å². The smallest absolute Gasteiger partial charge is 0.283 e. The number of Topliss-reactive ketones (excluding diaryl/α,β-unsaturated/α-hetero) is 1. The second kappa shape index (κ2) is 6.78. The van der Waals surface area contributed by atoms with E-state index in [1.165, 1.54) is 12.1 Å². The number of hydrogen-bond acceptors (Lipinski definition) is 5. The molecule has 0 radical (unpaired) electrons. The second-order valence-corrected chi connectivity index (χ2v) is 8.14. The molecule has 0 saturated carbocycles. The molecule has 140 valence electrons. The number of thiophene rings is 1. The maximum absolute atomic E-state index is 12.6. The van der Waals surface area contributed by atoms with Crippen LogP contribution in [0.5, 0.6) is 0 Å². The van der Waals surface area contributed by atoms with Gasteiger partial charge in [0.25, 0.3) is 21.7 Å². The minimum absolute atomic E-state index is 0.142. The number of ketones is 1. The fourth-order valence-corrected chi connectivity index (χ4v) is 4.50. The zero-order valence-corrected chi connectivity index (χ0v) is 14.9. The maximum atomic E-state index is 12.6. The van der Waals surface area contributed by atoms with Gasteiger partial charge in [-0.15, -0.1) is 11.3 Å². The van der Waals surface area contributed by atoms with Gasteiger partial charge in [0.05, 0.1) is 14.6 Å². The summed E-state index contributed by atoms with van der Waals surface area (Å²) < 4.78 is 64.3. The Labute approximate surface area is 155 Å². The number of hydrogen-bond donors (Lipinski definition) is 1. The van der Waals surface area contributed by atoms with Gasteiger partial charge in [-0.3, -0.25) is 9.59 Å². The van der Waals surface area contributed by atoms with Gasteiger partial charge in [-0.2, -0.15) is 13.2 Å². The lowest BCUT2D eigenvalue weighted by atomic mass is 10.1. The van der Waals surface area contributed by atoms with Crippen molar-refractivity contribution in [2.75, 3.05) is 0 Å². The lowest BCUT2D eigenvalue weighted by Crippen LogP contribution is -2.30. The molecule has 0 unspecified atom stereocenters. The Morgan fingerprint density at radius 2 is 1.52 bits per heavy atom. The third-order valence-electron chi connectivity index (χ3n) is 3.58. The molecule has 2 aromatic carbocycles. The van der Waals surface area contributed by atoms with E-state index in [1.54, 1.807) is 30.3 Å². The van der Waals surface area contributed by atoms with Crippen molar-refractivity contribution in [3.05, 3.63) is 64.4 Å². The van der Waals surface area contributed by atoms with Crippen LogP contribution in [0.3, 0.4) is 0 Å². The number of alkyl halides is 3. The highest BCUT2D eigenvalue weighted by Crippen LogP contribution is 2.27. The molecule has 1 N–H and O–H groups in total.